The lowest BCUT2D eigenvalue weighted by molar-refractivity contribution is 0.416. The molecule has 0 saturated heterocycles. The Morgan fingerprint density at radius 2 is 0.892 bits per heavy atom. The minimum atomic E-state index is 0. The maximum atomic E-state index is 5.86. The van der Waals surface area contributed by atoms with E-state index in [1.807, 2.05) is 116 Å². The first-order valence-corrected chi connectivity index (χ1v) is 25.4. The topological polar surface area (TPSA) is 104 Å². The van der Waals surface area contributed by atoms with Crippen molar-refractivity contribution in [3.05, 3.63) is 246 Å². The fourth-order valence-corrected chi connectivity index (χ4v) is 9.30. The standard InChI is InChI=1S/C31H25N3O.C17H11BrN2.C13H14N2O.CH4S.CH4/c1-35-30-15-7-5-13-27(30)33-26-12-4-2-10-23(26)20-22-17-18-25-24-11-3-6-14-28(24)34(29(25)21-22)31-16-8-9-19-32-31;18-12-8-9-14-13-5-1-2-6-15(13)20(16(14)11-12)17-7-3-4-10-19-17;1-16-13-9-5-4-8-12(13)15-11-7-3-2-6-10(11)14;1-2;/h2-19,21,33H,20H2,1H3;1-11H;2-9,15H,14H2,1H3;2H,1H3;1H4. The molecule has 0 saturated carbocycles. The third-order valence-corrected chi connectivity index (χ3v) is 12.7. The van der Waals surface area contributed by atoms with Crippen molar-refractivity contribution in [3.63, 3.8) is 0 Å². The summed E-state index contributed by atoms with van der Waals surface area (Å²) in [6.45, 7) is 0. The number of thiol groups is 1. The number of ether oxygens (including phenoxy) is 2. The van der Waals surface area contributed by atoms with Crippen molar-refractivity contribution in [2.45, 2.75) is 13.8 Å². The van der Waals surface area contributed by atoms with Gasteiger partial charge >= 0.3 is 0 Å². The van der Waals surface area contributed by atoms with Gasteiger partial charge in [0.2, 0.25) is 0 Å². The van der Waals surface area contributed by atoms with E-state index in [-0.39, 0.29) is 7.43 Å². The van der Waals surface area contributed by atoms with Crippen LogP contribution in [-0.4, -0.2) is 39.6 Å². The average molecular weight is 1060 g/mol. The first kappa shape index (κ1) is 51.8. The van der Waals surface area contributed by atoms with E-state index in [1.54, 1.807) is 20.5 Å². The van der Waals surface area contributed by atoms with Gasteiger partial charge in [0.25, 0.3) is 0 Å². The summed E-state index contributed by atoms with van der Waals surface area (Å²) in [6, 6.07) is 73.9. The molecule has 4 heterocycles. The lowest BCUT2D eigenvalue weighted by atomic mass is 10.0. The van der Waals surface area contributed by atoms with Crippen LogP contribution in [0.4, 0.5) is 28.4 Å². The zero-order chi connectivity index (χ0) is 50.5. The Kier molecular flexibility index (Phi) is 17.3. The summed E-state index contributed by atoms with van der Waals surface area (Å²) in [5.41, 5.74) is 17.5. The Bertz CT molecular complexity index is 3770. The molecule has 0 spiro atoms. The molecule has 4 aromatic heterocycles. The quantitative estimate of drug-likeness (QED) is 0.0799. The minimum Gasteiger partial charge on any atom is -0.495 e. The average Bonchev–Trinajstić information content (AvgIpc) is 3.95. The summed E-state index contributed by atoms with van der Waals surface area (Å²) >= 11 is 7.09. The van der Waals surface area contributed by atoms with Crippen LogP contribution in [0.5, 0.6) is 11.5 Å². The molecule has 0 fully saturated rings. The van der Waals surface area contributed by atoms with Gasteiger partial charge in [-0.2, -0.15) is 12.6 Å². The lowest BCUT2D eigenvalue weighted by Crippen LogP contribution is -2.00. The number of halogens is 1. The van der Waals surface area contributed by atoms with Gasteiger partial charge in [0.15, 0.2) is 0 Å². The maximum absolute atomic E-state index is 5.86. The molecular weight excluding hydrogens is 999 g/mol. The zero-order valence-corrected chi connectivity index (χ0v) is 43.1. The molecule has 9 nitrogen and oxygen atoms in total. The molecule has 0 amide bonds. The first-order valence-electron chi connectivity index (χ1n) is 23.7. The number of nitrogens with one attached hydrogen (secondary N) is 2. The zero-order valence-electron chi connectivity index (χ0n) is 40.7. The van der Waals surface area contributed by atoms with Gasteiger partial charge in [-0.1, -0.05) is 145 Å². The second kappa shape index (κ2) is 24.7. The van der Waals surface area contributed by atoms with Crippen LogP contribution in [0.15, 0.2) is 235 Å². The van der Waals surface area contributed by atoms with Gasteiger partial charge in [0.05, 0.1) is 59.0 Å². The molecule has 370 valence electrons. The highest BCUT2D eigenvalue weighted by Gasteiger charge is 2.15. The number of aromatic nitrogens is 4. The molecule has 0 aliphatic carbocycles. The number of hydrogen-bond donors (Lipinski definition) is 4. The van der Waals surface area contributed by atoms with E-state index >= 15 is 0 Å². The summed E-state index contributed by atoms with van der Waals surface area (Å²) in [5, 5.41) is 11.8. The molecule has 0 aliphatic heterocycles. The van der Waals surface area contributed by atoms with E-state index in [1.165, 1.54) is 43.7 Å². The van der Waals surface area contributed by atoms with Gasteiger partial charge in [0, 0.05) is 44.1 Å². The Hall–Kier alpha value is -8.51. The van der Waals surface area contributed by atoms with E-state index in [2.05, 4.69) is 174 Å². The third kappa shape index (κ3) is 11.4. The van der Waals surface area contributed by atoms with Gasteiger partial charge in [0.1, 0.15) is 23.1 Å². The van der Waals surface area contributed by atoms with Crippen molar-refractivity contribution in [2.75, 3.05) is 36.8 Å². The molecular formula is C63H58BrN7O2S. The monoisotopic (exact) mass is 1060 g/mol. The summed E-state index contributed by atoms with van der Waals surface area (Å²) in [6.07, 6.45) is 6.17. The number of fused-ring (bicyclic) bond motifs is 6. The number of nitrogens with zero attached hydrogens (tertiary/aromatic N) is 4. The summed E-state index contributed by atoms with van der Waals surface area (Å²) in [4.78, 5) is 9.15. The third-order valence-electron chi connectivity index (χ3n) is 12.3. The van der Waals surface area contributed by atoms with Crippen molar-refractivity contribution in [1.29, 1.82) is 0 Å². The number of pyridine rings is 2. The molecule has 4 N–H and O–H groups in total. The van der Waals surface area contributed by atoms with Crippen molar-refractivity contribution in [1.82, 2.24) is 19.1 Å². The summed E-state index contributed by atoms with van der Waals surface area (Å²) in [5.74, 6) is 3.49. The van der Waals surface area contributed by atoms with Gasteiger partial charge in [-0.25, -0.2) is 9.97 Å². The van der Waals surface area contributed by atoms with E-state index < -0.39 is 0 Å². The van der Waals surface area contributed by atoms with E-state index in [0.29, 0.717) is 5.69 Å². The van der Waals surface area contributed by atoms with E-state index in [4.69, 9.17) is 15.2 Å². The highest BCUT2D eigenvalue weighted by molar-refractivity contribution is 9.10. The highest BCUT2D eigenvalue weighted by Crippen LogP contribution is 2.36. The van der Waals surface area contributed by atoms with Crippen LogP contribution in [0, 0.1) is 0 Å². The molecule has 74 heavy (non-hydrogen) atoms. The number of hydrogen-bond acceptors (Lipinski definition) is 8. The van der Waals surface area contributed by atoms with Crippen molar-refractivity contribution in [3.8, 4) is 23.1 Å². The number of nitrogens with two attached hydrogens (primary N) is 1. The number of para-hydroxylation sites is 9. The van der Waals surface area contributed by atoms with Gasteiger partial charge < -0.3 is 25.8 Å². The molecule has 0 bridgehead atoms. The molecule has 0 radical (unpaired) electrons. The number of benzene rings is 8. The number of rotatable bonds is 10. The van der Waals surface area contributed by atoms with Crippen molar-refractivity contribution < 1.29 is 9.47 Å². The fraction of sp³-hybridized carbons (Fsp3) is 0.0794. The van der Waals surface area contributed by atoms with Crippen molar-refractivity contribution in [2.24, 2.45) is 0 Å². The maximum Gasteiger partial charge on any atom is 0.142 e. The molecule has 12 rings (SSSR count). The Morgan fingerprint density at radius 1 is 0.459 bits per heavy atom. The minimum absolute atomic E-state index is 0. The lowest BCUT2D eigenvalue weighted by Gasteiger charge is -2.15. The predicted octanol–water partition coefficient (Wildman–Crippen LogP) is 16.7. The Labute approximate surface area is 446 Å². The Balaban J connectivity index is 0.000000158. The predicted molar refractivity (Wildman–Crippen MR) is 319 cm³/mol. The fourth-order valence-electron chi connectivity index (χ4n) is 8.95. The summed E-state index contributed by atoms with van der Waals surface area (Å²) in [7, 11) is 3.34. The largest absolute Gasteiger partial charge is 0.495 e. The second-order valence-electron chi connectivity index (χ2n) is 16.7. The number of nitrogen functional groups attached to an aromatic ring is 1. The van der Waals surface area contributed by atoms with Crippen LogP contribution < -0.4 is 25.8 Å². The van der Waals surface area contributed by atoms with Crippen LogP contribution in [0.3, 0.4) is 0 Å². The normalized spacial score (nSPS) is 10.5. The van der Waals surface area contributed by atoms with Crippen LogP contribution in [0.25, 0.3) is 55.2 Å². The molecule has 11 heteroatoms. The molecule has 12 aromatic rings. The van der Waals surface area contributed by atoms with E-state index in [0.717, 1.165) is 67.8 Å². The van der Waals surface area contributed by atoms with Crippen LogP contribution >= 0.6 is 28.6 Å². The first-order chi connectivity index (χ1) is 36.0. The highest BCUT2D eigenvalue weighted by atomic mass is 79.9. The van der Waals surface area contributed by atoms with Gasteiger partial charge in [-0.05, 0) is 121 Å². The number of anilines is 5. The van der Waals surface area contributed by atoms with Crippen LogP contribution in [0.2, 0.25) is 0 Å². The summed E-state index contributed by atoms with van der Waals surface area (Å²) < 4.78 is 16.3. The van der Waals surface area contributed by atoms with Gasteiger partial charge in [-0.3, -0.25) is 9.13 Å². The second-order valence-corrected chi connectivity index (χ2v) is 17.6. The molecule has 8 aromatic carbocycles. The van der Waals surface area contributed by atoms with Crippen molar-refractivity contribution >= 4 is 101 Å². The Morgan fingerprint density at radius 3 is 1.43 bits per heavy atom. The van der Waals surface area contributed by atoms with E-state index in [9.17, 15) is 0 Å². The smallest absolute Gasteiger partial charge is 0.142 e. The molecule has 0 unspecified atom stereocenters. The SMILES string of the molecule is Brc1ccc2c3ccccc3n(-c3ccccn3)c2c1.C.COc1ccccc1Nc1ccccc1Cc1ccc2c3ccccc3n(-c3ccccn3)c2c1.COc1ccccc1Nc1ccccc1N.CS. The van der Waals surface area contributed by atoms with Gasteiger partial charge in [-0.15, -0.1) is 0 Å². The van der Waals surface area contributed by atoms with Crippen LogP contribution in [0.1, 0.15) is 18.6 Å². The number of methoxy groups -OCH3 is 2. The molecule has 0 aliphatic rings. The molecule has 0 atom stereocenters. The van der Waals surface area contributed by atoms with Crippen LogP contribution in [-0.2, 0) is 6.42 Å².